The number of aromatic nitrogens is 2. The highest BCUT2D eigenvalue weighted by Gasteiger charge is 2.40. The van der Waals surface area contributed by atoms with Crippen LogP contribution in [-0.2, 0) is 6.54 Å². The molecule has 0 aromatic carbocycles. The second kappa shape index (κ2) is 5.85. The molecule has 3 rings (SSSR count). The molecule has 2 aromatic rings. The Labute approximate surface area is 130 Å². The van der Waals surface area contributed by atoms with Gasteiger partial charge in [-0.15, -0.1) is 0 Å². The van der Waals surface area contributed by atoms with Crippen molar-refractivity contribution in [2.75, 3.05) is 6.54 Å². The van der Waals surface area contributed by atoms with Gasteiger partial charge in [0.05, 0.1) is 17.8 Å². The van der Waals surface area contributed by atoms with E-state index in [9.17, 15) is 0 Å². The van der Waals surface area contributed by atoms with Crippen molar-refractivity contribution in [1.29, 1.82) is 0 Å². The lowest BCUT2D eigenvalue weighted by molar-refractivity contribution is 0.315. The fourth-order valence-electron chi connectivity index (χ4n) is 3.05. The molecule has 2 aromatic heterocycles. The van der Waals surface area contributed by atoms with Gasteiger partial charge in [0.15, 0.2) is 5.11 Å². The van der Waals surface area contributed by atoms with E-state index >= 15 is 0 Å². The van der Waals surface area contributed by atoms with E-state index in [0.29, 0.717) is 0 Å². The molecule has 1 fully saturated rings. The van der Waals surface area contributed by atoms with Crippen LogP contribution in [0.2, 0.25) is 0 Å². The van der Waals surface area contributed by atoms with Crippen LogP contribution in [0.3, 0.4) is 0 Å². The van der Waals surface area contributed by atoms with Crippen LogP contribution in [-0.4, -0.2) is 26.1 Å². The highest BCUT2D eigenvalue weighted by molar-refractivity contribution is 7.80. The fraction of sp³-hybridized carbons (Fsp3) is 0.375. The van der Waals surface area contributed by atoms with Crippen LogP contribution in [0, 0.1) is 0 Å². The Morgan fingerprint density at radius 2 is 2.05 bits per heavy atom. The number of thiocarbonyl (C=S) groups is 1. The maximum Gasteiger partial charge on any atom is 0.170 e. The van der Waals surface area contributed by atoms with Crippen LogP contribution in [0.1, 0.15) is 37.3 Å². The van der Waals surface area contributed by atoms with Gasteiger partial charge in [0.25, 0.3) is 0 Å². The molecular formula is C16H20N4S. The van der Waals surface area contributed by atoms with E-state index in [0.717, 1.165) is 23.9 Å². The van der Waals surface area contributed by atoms with Crippen molar-refractivity contribution in [3.8, 4) is 0 Å². The average molecular weight is 300 g/mol. The molecule has 0 bridgehead atoms. The van der Waals surface area contributed by atoms with Gasteiger partial charge in [0.1, 0.15) is 0 Å². The second-order valence-corrected chi connectivity index (χ2v) is 5.52. The van der Waals surface area contributed by atoms with Gasteiger partial charge in [-0.3, -0.25) is 4.98 Å². The molecule has 2 unspecified atom stereocenters. The van der Waals surface area contributed by atoms with Gasteiger partial charge in [-0.05, 0) is 50.3 Å². The molecule has 1 aliphatic rings. The normalized spacial score (nSPS) is 21.6. The molecule has 5 heteroatoms. The summed E-state index contributed by atoms with van der Waals surface area (Å²) in [7, 11) is 0. The highest BCUT2D eigenvalue weighted by Crippen LogP contribution is 2.38. The number of hydrogen-bond acceptors (Lipinski definition) is 2. The predicted molar refractivity (Wildman–Crippen MR) is 87.9 cm³/mol. The summed E-state index contributed by atoms with van der Waals surface area (Å²) in [6.07, 6.45) is 3.96. The number of hydrogen-bond donors (Lipinski definition) is 1. The zero-order valence-electron chi connectivity index (χ0n) is 12.4. The molecule has 3 heterocycles. The van der Waals surface area contributed by atoms with Crippen LogP contribution in [0.25, 0.3) is 0 Å². The van der Waals surface area contributed by atoms with E-state index in [-0.39, 0.29) is 12.1 Å². The Morgan fingerprint density at radius 1 is 1.19 bits per heavy atom. The first kappa shape index (κ1) is 14.1. The van der Waals surface area contributed by atoms with Crippen molar-refractivity contribution in [3.63, 3.8) is 0 Å². The SMILES string of the molecule is CCN1C(=S)NC(c2ccccn2)C1c1cccn1CC. The summed E-state index contributed by atoms with van der Waals surface area (Å²) < 4.78 is 2.28. The van der Waals surface area contributed by atoms with Crippen molar-refractivity contribution in [2.45, 2.75) is 32.5 Å². The Hall–Kier alpha value is -1.88. The van der Waals surface area contributed by atoms with Crippen LogP contribution in [0.15, 0.2) is 42.7 Å². The van der Waals surface area contributed by atoms with E-state index in [4.69, 9.17) is 12.2 Å². The maximum absolute atomic E-state index is 5.52. The zero-order chi connectivity index (χ0) is 14.8. The molecule has 4 nitrogen and oxygen atoms in total. The van der Waals surface area contributed by atoms with E-state index in [1.54, 1.807) is 0 Å². The van der Waals surface area contributed by atoms with E-state index in [2.05, 4.69) is 58.0 Å². The molecule has 110 valence electrons. The summed E-state index contributed by atoms with van der Waals surface area (Å²) >= 11 is 5.52. The molecule has 1 N–H and O–H groups in total. The molecule has 21 heavy (non-hydrogen) atoms. The summed E-state index contributed by atoms with van der Waals surface area (Å²) in [4.78, 5) is 6.77. The number of nitrogens with zero attached hydrogens (tertiary/aromatic N) is 3. The minimum absolute atomic E-state index is 0.0962. The van der Waals surface area contributed by atoms with Gasteiger partial charge in [-0.25, -0.2) is 0 Å². The highest BCUT2D eigenvalue weighted by atomic mass is 32.1. The van der Waals surface area contributed by atoms with Gasteiger partial charge in [-0.1, -0.05) is 6.07 Å². The van der Waals surface area contributed by atoms with Crippen LogP contribution < -0.4 is 5.32 Å². The van der Waals surface area contributed by atoms with Crippen molar-refractivity contribution >= 4 is 17.3 Å². The van der Waals surface area contributed by atoms with Gasteiger partial charge in [0, 0.05) is 31.2 Å². The summed E-state index contributed by atoms with van der Waals surface area (Å²) in [5.41, 5.74) is 2.31. The molecule has 1 aliphatic heterocycles. The summed E-state index contributed by atoms with van der Waals surface area (Å²) in [5.74, 6) is 0. The standard InChI is InChI=1S/C16H20N4S/c1-3-19-11-7-9-13(19)15-14(12-8-5-6-10-17-12)18-16(21)20(15)4-2/h5-11,14-15H,3-4H2,1-2H3,(H,18,21). The lowest BCUT2D eigenvalue weighted by Crippen LogP contribution is -2.30. The smallest absolute Gasteiger partial charge is 0.170 e. The van der Waals surface area contributed by atoms with Crippen LogP contribution in [0.5, 0.6) is 0 Å². The lowest BCUT2D eigenvalue weighted by atomic mass is 10.0. The zero-order valence-corrected chi connectivity index (χ0v) is 13.2. The molecule has 1 saturated heterocycles. The van der Waals surface area contributed by atoms with E-state index in [1.807, 2.05) is 18.3 Å². The van der Waals surface area contributed by atoms with Gasteiger partial charge < -0.3 is 14.8 Å². The summed E-state index contributed by atoms with van der Waals surface area (Å²) in [5, 5.41) is 4.25. The molecule has 0 spiro atoms. The van der Waals surface area contributed by atoms with Crippen LogP contribution in [0.4, 0.5) is 0 Å². The second-order valence-electron chi connectivity index (χ2n) is 5.13. The first-order valence-electron chi connectivity index (χ1n) is 7.39. The first-order chi connectivity index (χ1) is 10.3. The third-order valence-electron chi connectivity index (χ3n) is 4.05. The molecule has 2 atom stereocenters. The average Bonchev–Trinajstić information content (AvgIpc) is 3.11. The van der Waals surface area contributed by atoms with Gasteiger partial charge in [-0.2, -0.15) is 0 Å². The molecule has 0 saturated carbocycles. The maximum atomic E-state index is 5.52. The minimum atomic E-state index is 0.0962. The van der Waals surface area contributed by atoms with E-state index in [1.165, 1.54) is 5.69 Å². The monoisotopic (exact) mass is 300 g/mol. The third-order valence-corrected chi connectivity index (χ3v) is 4.40. The molecular weight excluding hydrogens is 280 g/mol. The van der Waals surface area contributed by atoms with Crippen molar-refractivity contribution < 1.29 is 0 Å². The summed E-state index contributed by atoms with van der Waals surface area (Å²) in [6.45, 7) is 6.14. The van der Waals surface area contributed by atoms with Crippen LogP contribution >= 0.6 is 12.2 Å². The number of pyridine rings is 1. The Morgan fingerprint density at radius 3 is 2.71 bits per heavy atom. The minimum Gasteiger partial charge on any atom is -0.352 e. The first-order valence-corrected chi connectivity index (χ1v) is 7.80. The number of aryl methyl sites for hydroxylation is 1. The number of nitrogens with one attached hydrogen (secondary N) is 1. The van der Waals surface area contributed by atoms with E-state index < -0.39 is 0 Å². The lowest BCUT2D eigenvalue weighted by Gasteiger charge is -2.27. The third kappa shape index (κ3) is 2.42. The van der Waals surface area contributed by atoms with Gasteiger partial charge >= 0.3 is 0 Å². The topological polar surface area (TPSA) is 33.1 Å². The number of rotatable bonds is 4. The Bertz CT molecular complexity index is 622. The largest absolute Gasteiger partial charge is 0.352 e. The molecule has 0 aliphatic carbocycles. The van der Waals surface area contributed by atoms with Crippen molar-refractivity contribution in [1.82, 2.24) is 19.8 Å². The molecule has 0 radical (unpaired) electrons. The van der Waals surface area contributed by atoms with Crippen molar-refractivity contribution in [2.24, 2.45) is 0 Å². The fourth-order valence-corrected chi connectivity index (χ4v) is 3.42. The quantitative estimate of drug-likeness (QED) is 0.880. The van der Waals surface area contributed by atoms with Crippen molar-refractivity contribution in [3.05, 3.63) is 54.1 Å². The Kier molecular flexibility index (Phi) is 3.92. The predicted octanol–water partition coefficient (Wildman–Crippen LogP) is 2.90. The van der Waals surface area contributed by atoms with Gasteiger partial charge in [0.2, 0.25) is 0 Å². The summed E-state index contributed by atoms with van der Waals surface area (Å²) in [6, 6.07) is 10.6. The number of likely N-dealkylation sites (N-methyl/N-ethyl adjacent to an activating group) is 1. The Balaban J connectivity index is 2.05. The molecule has 0 amide bonds.